The lowest BCUT2D eigenvalue weighted by Crippen LogP contribution is -2.15. The van der Waals surface area contributed by atoms with Crippen molar-refractivity contribution in [3.63, 3.8) is 0 Å². The minimum Gasteiger partial charge on any atom is -0.389 e. The highest BCUT2D eigenvalue weighted by molar-refractivity contribution is 7.98. The fourth-order valence-corrected chi connectivity index (χ4v) is 3.19. The van der Waals surface area contributed by atoms with Crippen molar-refractivity contribution < 1.29 is 0 Å². The van der Waals surface area contributed by atoms with Crippen molar-refractivity contribution in [1.82, 2.24) is 0 Å². The number of thioether (sulfide) groups is 1. The molecule has 0 amide bonds. The van der Waals surface area contributed by atoms with Crippen LogP contribution in [0.4, 0.5) is 5.69 Å². The summed E-state index contributed by atoms with van der Waals surface area (Å²) >= 11 is 6.85. The number of rotatable bonds is 7. The second-order valence-corrected chi connectivity index (χ2v) is 6.05. The quantitative estimate of drug-likeness (QED) is 0.458. The van der Waals surface area contributed by atoms with Crippen molar-refractivity contribution in [3.05, 3.63) is 59.7 Å². The van der Waals surface area contributed by atoms with E-state index in [4.69, 9.17) is 18.0 Å². The molecule has 0 heterocycles. The maximum Gasteiger partial charge on any atom is 0.107 e. The van der Waals surface area contributed by atoms with Gasteiger partial charge in [-0.3, -0.25) is 0 Å². The molecule has 2 nitrogen and oxygen atoms in total. The molecule has 4 heteroatoms. The van der Waals surface area contributed by atoms with E-state index in [0.29, 0.717) is 4.99 Å². The molecule has 0 radical (unpaired) electrons. The Bertz CT molecular complexity index is 597. The summed E-state index contributed by atoms with van der Waals surface area (Å²) in [7, 11) is 0. The van der Waals surface area contributed by atoms with E-state index in [1.807, 2.05) is 30.5 Å². The zero-order chi connectivity index (χ0) is 15.1. The molecule has 2 aromatic carbocycles. The fourth-order valence-electron chi connectivity index (χ4n) is 2.26. The lowest BCUT2D eigenvalue weighted by molar-refractivity contribution is 0.862. The molecule has 21 heavy (non-hydrogen) atoms. The summed E-state index contributed by atoms with van der Waals surface area (Å²) < 4.78 is 0. The van der Waals surface area contributed by atoms with E-state index in [9.17, 15) is 0 Å². The second-order valence-electron chi connectivity index (χ2n) is 4.76. The van der Waals surface area contributed by atoms with Gasteiger partial charge < -0.3 is 11.1 Å². The number of benzene rings is 2. The van der Waals surface area contributed by atoms with Gasteiger partial charge in [-0.05, 0) is 36.8 Å². The highest BCUT2D eigenvalue weighted by Crippen LogP contribution is 2.27. The second kappa shape index (κ2) is 8.05. The molecular formula is C17H20N2S2. The molecular weight excluding hydrogens is 296 g/mol. The van der Waals surface area contributed by atoms with Gasteiger partial charge in [0.25, 0.3) is 0 Å². The normalized spacial score (nSPS) is 10.3. The van der Waals surface area contributed by atoms with Crippen LogP contribution in [0.5, 0.6) is 0 Å². The average molecular weight is 316 g/mol. The summed E-state index contributed by atoms with van der Waals surface area (Å²) in [5.74, 6) is 0. The van der Waals surface area contributed by atoms with E-state index in [-0.39, 0.29) is 0 Å². The number of hydrogen-bond acceptors (Lipinski definition) is 3. The third kappa shape index (κ3) is 4.48. The molecule has 0 saturated carbocycles. The average Bonchev–Trinajstić information content (AvgIpc) is 2.52. The van der Waals surface area contributed by atoms with Gasteiger partial charge in [0, 0.05) is 22.7 Å². The Kier molecular flexibility index (Phi) is 6.08. The van der Waals surface area contributed by atoms with Gasteiger partial charge in [-0.2, -0.15) is 0 Å². The predicted molar refractivity (Wildman–Crippen MR) is 97.4 cm³/mol. The summed E-state index contributed by atoms with van der Waals surface area (Å²) in [5, 5.41) is 3.46. The largest absolute Gasteiger partial charge is 0.389 e. The maximum absolute atomic E-state index is 5.86. The number of aryl methyl sites for hydroxylation is 1. The third-order valence-electron chi connectivity index (χ3n) is 3.29. The SMILES string of the molecule is CSc1cccc(NCCCc2ccccc2)c1C(N)=S. The first-order chi connectivity index (χ1) is 10.2. The molecule has 2 rings (SSSR count). The zero-order valence-corrected chi connectivity index (χ0v) is 13.8. The maximum atomic E-state index is 5.86. The lowest BCUT2D eigenvalue weighted by Gasteiger charge is -2.14. The monoisotopic (exact) mass is 316 g/mol. The van der Waals surface area contributed by atoms with Gasteiger partial charge in [0.2, 0.25) is 0 Å². The molecule has 0 spiro atoms. The van der Waals surface area contributed by atoms with Gasteiger partial charge in [0.05, 0.1) is 0 Å². The molecule has 0 bridgehead atoms. The molecule has 0 fully saturated rings. The zero-order valence-electron chi connectivity index (χ0n) is 12.1. The van der Waals surface area contributed by atoms with Gasteiger partial charge in [-0.25, -0.2) is 0 Å². The number of thiocarbonyl (C=S) groups is 1. The van der Waals surface area contributed by atoms with Gasteiger partial charge in [-0.1, -0.05) is 48.6 Å². The molecule has 0 saturated heterocycles. The summed E-state index contributed by atoms with van der Waals surface area (Å²) in [5.41, 5.74) is 9.22. The van der Waals surface area contributed by atoms with Crippen LogP contribution in [0.2, 0.25) is 0 Å². The topological polar surface area (TPSA) is 38.0 Å². The fraction of sp³-hybridized carbons (Fsp3) is 0.235. The van der Waals surface area contributed by atoms with Gasteiger partial charge in [0.15, 0.2) is 0 Å². The Morgan fingerprint density at radius 3 is 2.57 bits per heavy atom. The van der Waals surface area contributed by atoms with Gasteiger partial charge >= 0.3 is 0 Å². The van der Waals surface area contributed by atoms with Crippen molar-refractivity contribution >= 4 is 34.7 Å². The Morgan fingerprint density at radius 1 is 1.14 bits per heavy atom. The highest BCUT2D eigenvalue weighted by Gasteiger charge is 2.09. The minimum atomic E-state index is 0.450. The standard InChI is InChI=1S/C17H20N2S2/c1-21-15-11-5-10-14(16(15)17(18)20)19-12-6-9-13-7-3-2-4-8-13/h2-5,7-8,10-11,19H,6,9,12H2,1H3,(H2,18,20). The van der Waals surface area contributed by atoms with Gasteiger partial charge in [-0.15, -0.1) is 11.8 Å². The molecule has 0 aromatic heterocycles. The smallest absolute Gasteiger partial charge is 0.107 e. The molecule has 0 unspecified atom stereocenters. The van der Waals surface area contributed by atoms with Crippen molar-refractivity contribution in [2.45, 2.75) is 17.7 Å². The van der Waals surface area contributed by atoms with E-state index >= 15 is 0 Å². The third-order valence-corrected chi connectivity index (χ3v) is 4.28. The van der Waals surface area contributed by atoms with Crippen LogP contribution in [0.3, 0.4) is 0 Å². The van der Waals surface area contributed by atoms with Crippen LogP contribution < -0.4 is 11.1 Å². The van der Waals surface area contributed by atoms with Crippen LogP contribution in [-0.4, -0.2) is 17.8 Å². The first kappa shape index (κ1) is 15.9. The van der Waals surface area contributed by atoms with Crippen molar-refractivity contribution in [1.29, 1.82) is 0 Å². The van der Waals surface area contributed by atoms with E-state index in [1.54, 1.807) is 11.8 Å². The molecule has 0 atom stereocenters. The van der Waals surface area contributed by atoms with Crippen LogP contribution >= 0.6 is 24.0 Å². The molecule has 3 N–H and O–H groups in total. The van der Waals surface area contributed by atoms with E-state index < -0.39 is 0 Å². The molecule has 0 aliphatic carbocycles. The number of anilines is 1. The van der Waals surface area contributed by atoms with Gasteiger partial charge in [0.1, 0.15) is 4.99 Å². The number of nitrogens with two attached hydrogens (primary N) is 1. The predicted octanol–water partition coefficient (Wildman–Crippen LogP) is 4.09. The van der Waals surface area contributed by atoms with Crippen molar-refractivity contribution in [3.8, 4) is 0 Å². The van der Waals surface area contributed by atoms with Crippen LogP contribution in [0, 0.1) is 0 Å². The summed E-state index contributed by atoms with van der Waals surface area (Å²) in [6.45, 7) is 0.905. The molecule has 110 valence electrons. The summed E-state index contributed by atoms with van der Waals surface area (Å²) in [6, 6.07) is 16.7. The Morgan fingerprint density at radius 2 is 1.90 bits per heavy atom. The molecule has 0 aliphatic heterocycles. The first-order valence-electron chi connectivity index (χ1n) is 6.97. The lowest BCUT2D eigenvalue weighted by atomic mass is 10.1. The Hall–Kier alpha value is -1.52. The first-order valence-corrected chi connectivity index (χ1v) is 8.60. The van der Waals surface area contributed by atoms with Crippen LogP contribution in [-0.2, 0) is 6.42 Å². The van der Waals surface area contributed by atoms with Crippen LogP contribution in [0.25, 0.3) is 0 Å². The van der Waals surface area contributed by atoms with Crippen LogP contribution in [0.15, 0.2) is 53.4 Å². The van der Waals surface area contributed by atoms with Crippen LogP contribution in [0.1, 0.15) is 17.5 Å². The van der Waals surface area contributed by atoms with E-state index in [2.05, 4.69) is 29.6 Å². The molecule has 2 aromatic rings. The van der Waals surface area contributed by atoms with E-state index in [0.717, 1.165) is 35.5 Å². The minimum absolute atomic E-state index is 0.450. The Labute approximate surface area is 136 Å². The summed E-state index contributed by atoms with van der Waals surface area (Å²) in [4.78, 5) is 1.57. The Balaban J connectivity index is 1.95. The number of nitrogens with one attached hydrogen (secondary N) is 1. The van der Waals surface area contributed by atoms with E-state index in [1.165, 1.54) is 5.56 Å². The molecule has 0 aliphatic rings. The van der Waals surface area contributed by atoms with Crippen molar-refractivity contribution in [2.24, 2.45) is 5.73 Å². The highest BCUT2D eigenvalue weighted by atomic mass is 32.2. The van der Waals surface area contributed by atoms with Crippen molar-refractivity contribution in [2.75, 3.05) is 18.1 Å². The summed E-state index contributed by atoms with van der Waals surface area (Å²) in [6.07, 6.45) is 4.18. The number of hydrogen-bond donors (Lipinski definition) is 2.